The molecule has 140 valence electrons. The summed E-state index contributed by atoms with van der Waals surface area (Å²) in [5, 5.41) is 0. The van der Waals surface area contributed by atoms with Gasteiger partial charge in [-0.3, -0.25) is 9.78 Å². The molecule has 2 bridgehead atoms. The van der Waals surface area contributed by atoms with Crippen LogP contribution in [0.1, 0.15) is 28.8 Å². The summed E-state index contributed by atoms with van der Waals surface area (Å²) in [5.74, 6) is 0.299. The fraction of sp³-hybridized carbons (Fsp3) is 0.381. The third kappa shape index (κ3) is 3.94. The lowest BCUT2D eigenvalue weighted by molar-refractivity contribution is 0.0610. The number of fused-ring (bicyclic) bond motifs is 4. The van der Waals surface area contributed by atoms with Gasteiger partial charge in [-0.05, 0) is 36.5 Å². The van der Waals surface area contributed by atoms with Gasteiger partial charge in [0.1, 0.15) is 6.61 Å². The Labute approximate surface area is 158 Å². The molecule has 6 heteroatoms. The molecule has 3 aliphatic rings. The van der Waals surface area contributed by atoms with E-state index in [1.165, 1.54) is 0 Å². The van der Waals surface area contributed by atoms with Gasteiger partial charge in [-0.15, -0.1) is 0 Å². The van der Waals surface area contributed by atoms with Crippen molar-refractivity contribution in [3.8, 4) is 0 Å². The third-order valence-electron chi connectivity index (χ3n) is 5.37. The third-order valence-corrected chi connectivity index (χ3v) is 5.37. The summed E-state index contributed by atoms with van der Waals surface area (Å²) in [7, 11) is 0. The Morgan fingerprint density at radius 1 is 1.00 bits per heavy atom. The Balaban J connectivity index is 1.42. The highest BCUT2D eigenvalue weighted by atomic mass is 16.6. The van der Waals surface area contributed by atoms with Crippen LogP contribution in [0, 0.1) is 5.92 Å². The van der Waals surface area contributed by atoms with Crippen molar-refractivity contribution in [2.24, 2.45) is 5.92 Å². The van der Waals surface area contributed by atoms with E-state index in [2.05, 4.69) is 4.98 Å². The van der Waals surface area contributed by atoms with Crippen LogP contribution in [0.5, 0.6) is 0 Å². The summed E-state index contributed by atoms with van der Waals surface area (Å²) in [6.07, 6.45) is 4.92. The molecule has 5 rings (SSSR count). The largest absolute Gasteiger partial charge is 0.445 e. The number of carbonyl (C=O) groups is 2. The van der Waals surface area contributed by atoms with Crippen molar-refractivity contribution < 1.29 is 14.3 Å². The van der Waals surface area contributed by atoms with Crippen molar-refractivity contribution in [1.82, 2.24) is 14.8 Å². The van der Waals surface area contributed by atoms with E-state index in [4.69, 9.17) is 4.74 Å². The molecule has 0 N–H and O–H groups in total. The lowest BCUT2D eigenvalue weighted by Crippen LogP contribution is -2.47. The smallest absolute Gasteiger partial charge is 0.410 e. The fourth-order valence-electron chi connectivity index (χ4n) is 3.95. The molecule has 0 aliphatic carbocycles. The number of piperidine rings is 1. The quantitative estimate of drug-likeness (QED) is 0.839. The minimum Gasteiger partial charge on any atom is -0.445 e. The first-order valence-electron chi connectivity index (χ1n) is 9.37. The molecular weight excluding hydrogens is 342 g/mol. The maximum atomic E-state index is 12.8. The molecular formula is C21H23N3O3. The van der Waals surface area contributed by atoms with Gasteiger partial charge in [0.15, 0.2) is 0 Å². The van der Waals surface area contributed by atoms with E-state index in [0.717, 1.165) is 18.4 Å². The number of hydrogen-bond donors (Lipinski definition) is 0. The first-order chi connectivity index (χ1) is 13.2. The summed E-state index contributed by atoms with van der Waals surface area (Å²) >= 11 is 0. The summed E-state index contributed by atoms with van der Waals surface area (Å²) in [6, 6.07) is 13.2. The molecule has 3 aliphatic heterocycles. The van der Waals surface area contributed by atoms with Crippen molar-refractivity contribution in [2.75, 3.05) is 19.6 Å². The van der Waals surface area contributed by atoms with Gasteiger partial charge < -0.3 is 14.5 Å². The minimum absolute atomic E-state index is 0.00815. The Bertz CT molecular complexity index is 797. The molecule has 27 heavy (non-hydrogen) atoms. The van der Waals surface area contributed by atoms with E-state index in [0.29, 0.717) is 31.1 Å². The molecule has 0 saturated carbocycles. The molecule has 3 fully saturated rings. The van der Waals surface area contributed by atoms with Crippen LogP contribution in [0.3, 0.4) is 0 Å². The number of carbonyl (C=O) groups excluding carboxylic acids is 2. The van der Waals surface area contributed by atoms with Crippen molar-refractivity contribution in [2.45, 2.75) is 25.5 Å². The number of nitrogens with zero attached hydrogens (tertiary/aromatic N) is 3. The highest BCUT2D eigenvalue weighted by Crippen LogP contribution is 2.29. The molecule has 1 aromatic heterocycles. The maximum absolute atomic E-state index is 12.8. The molecule has 2 atom stereocenters. The number of pyridine rings is 1. The zero-order valence-electron chi connectivity index (χ0n) is 15.2. The molecule has 0 unspecified atom stereocenters. The number of hydrogen-bond acceptors (Lipinski definition) is 4. The summed E-state index contributed by atoms with van der Waals surface area (Å²) < 4.78 is 5.53. The number of benzene rings is 1. The van der Waals surface area contributed by atoms with Crippen molar-refractivity contribution in [1.29, 1.82) is 0 Å². The van der Waals surface area contributed by atoms with Gasteiger partial charge in [0, 0.05) is 37.6 Å². The number of ether oxygens (including phenoxy) is 1. The monoisotopic (exact) mass is 365 g/mol. The van der Waals surface area contributed by atoms with E-state index in [9.17, 15) is 9.59 Å². The van der Waals surface area contributed by atoms with Crippen LogP contribution >= 0.6 is 0 Å². The topological polar surface area (TPSA) is 62.7 Å². The van der Waals surface area contributed by atoms with Crippen molar-refractivity contribution >= 4 is 12.0 Å². The highest BCUT2D eigenvalue weighted by Gasteiger charge is 2.39. The van der Waals surface area contributed by atoms with Crippen LogP contribution in [0.25, 0.3) is 0 Å². The Hall–Kier alpha value is -2.89. The van der Waals surface area contributed by atoms with Crippen LogP contribution in [0.15, 0.2) is 54.9 Å². The fourth-order valence-corrected chi connectivity index (χ4v) is 3.95. The second-order valence-corrected chi connectivity index (χ2v) is 7.24. The molecule has 6 nitrogen and oxygen atoms in total. The predicted octanol–water partition coefficient (Wildman–Crippen LogP) is 2.95. The average molecular weight is 365 g/mol. The predicted molar refractivity (Wildman–Crippen MR) is 100.0 cm³/mol. The first-order valence-corrected chi connectivity index (χ1v) is 9.37. The number of aromatic nitrogens is 1. The minimum atomic E-state index is -0.285. The number of rotatable bonds is 3. The zero-order valence-corrected chi connectivity index (χ0v) is 15.2. The molecule has 2 aromatic rings. The van der Waals surface area contributed by atoms with Gasteiger partial charge in [-0.1, -0.05) is 30.3 Å². The van der Waals surface area contributed by atoms with E-state index in [1.54, 1.807) is 24.5 Å². The second-order valence-electron chi connectivity index (χ2n) is 7.24. The molecule has 1 aromatic carbocycles. The molecule has 0 spiro atoms. The van der Waals surface area contributed by atoms with Crippen LogP contribution in [0.4, 0.5) is 4.79 Å². The maximum Gasteiger partial charge on any atom is 0.410 e. The van der Waals surface area contributed by atoms with Gasteiger partial charge in [0.2, 0.25) is 0 Å². The second kappa shape index (κ2) is 7.78. The Morgan fingerprint density at radius 2 is 1.78 bits per heavy atom. The van der Waals surface area contributed by atoms with Crippen LogP contribution in [0.2, 0.25) is 0 Å². The molecule has 3 saturated heterocycles. The van der Waals surface area contributed by atoms with Crippen LogP contribution in [-0.2, 0) is 11.3 Å². The van der Waals surface area contributed by atoms with E-state index < -0.39 is 0 Å². The van der Waals surface area contributed by atoms with Gasteiger partial charge >= 0.3 is 6.09 Å². The van der Waals surface area contributed by atoms with Gasteiger partial charge in [0.05, 0.1) is 6.04 Å². The standard InChI is InChI=1S/C21H23N3O3/c25-20(18-8-10-22-11-9-18)23-12-17-6-7-19(14-23)24(13-17)21(26)27-15-16-4-2-1-3-5-16/h1-5,8-11,17,19H,6-7,12-15H2/t17-,19+/m0/s1. The van der Waals surface area contributed by atoms with E-state index in [1.807, 2.05) is 40.1 Å². The Morgan fingerprint density at radius 3 is 2.56 bits per heavy atom. The zero-order chi connectivity index (χ0) is 18.6. The molecule has 2 amide bonds. The van der Waals surface area contributed by atoms with Gasteiger partial charge in [0.25, 0.3) is 5.91 Å². The summed E-state index contributed by atoms with van der Waals surface area (Å²) in [5.41, 5.74) is 1.62. The molecule has 4 heterocycles. The number of amides is 2. The summed E-state index contributed by atoms with van der Waals surface area (Å²) in [4.78, 5) is 33.1. The van der Waals surface area contributed by atoms with Gasteiger partial charge in [-0.25, -0.2) is 4.79 Å². The average Bonchev–Trinajstić information content (AvgIpc) is 3.05. The van der Waals surface area contributed by atoms with E-state index >= 15 is 0 Å². The molecule has 0 radical (unpaired) electrons. The normalized spacial score (nSPS) is 21.6. The first kappa shape index (κ1) is 17.5. The SMILES string of the molecule is O=C(c1ccncc1)N1C[C@@H]2CC[C@H](C1)N(C(=O)OCc1ccccc1)C2. The Kier molecular flexibility index (Phi) is 5.05. The lowest BCUT2D eigenvalue weighted by atomic mass is 9.95. The lowest BCUT2D eigenvalue weighted by Gasteiger charge is -2.35. The van der Waals surface area contributed by atoms with Gasteiger partial charge in [-0.2, -0.15) is 0 Å². The van der Waals surface area contributed by atoms with Crippen molar-refractivity contribution in [3.63, 3.8) is 0 Å². The van der Waals surface area contributed by atoms with E-state index in [-0.39, 0.29) is 24.6 Å². The highest BCUT2D eigenvalue weighted by molar-refractivity contribution is 5.94. The summed E-state index contributed by atoms with van der Waals surface area (Å²) in [6.45, 7) is 2.16. The van der Waals surface area contributed by atoms with Crippen LogP contribution < -0.4 is 0 Å². The van der Waals surface area contributed by atoms with Crippen molar-refractivity contribution in [3.05, 3.63) is 66.0 Å². The van der Waals surface area contributed by atoms with Crippen LogP contribution in [-0.4, -0.2) is 52.5 Å².